The van der Waals surface area contributed by atoms with Crippen molar-refractivity contribution < 1.29 is 0 Å². The summed E-state index contributed by atoms with van der Waals surface area (Å²) in [5.74, 6) is 2.00. The molecule has 0 radical (unpaired) electrons. The first-order valence-electron chi connectivity index (χ1n) is 6.74. The predicted molar refractivity (Wildman–Crippen MR) is 75.1 cm³/mol. The molecular weight excluding hydrogens is 222 g/mol. The average molecular weight is 241 g/mol. The molecule has 1 aromatic heterocycles. The summed E-state index contributed by atoms with van der Waals surface area (Å²) in [4.78, 5) is 11.7. The standard InChI is InChI=1S/C15H19N3/c1-11-7-6-8-13-14(11)15(17-12(2)16-13)18-9-4-3-5-10-18/h6-8H,3-5,9-10H2,1-2H3. The fourth-order valence-electron chi connectivity index (χ4n) is 2.78. The zero-order valence-corrected chi connectivity index (χ0v) is 11.1. The van der Waals surface area contributed by atoms with E-state index in [0.717, 1.165) is 30.2 Å². The Morgan fingerprint density at radius 2 is 1.78 bits per heavy atom. The molecule has 3 rings (SSSR count). The smallest absolute Gasteiger partial charge is 0.140 e. The van der Waals surface area contributed by atoms with Crippen LogP contribution in [-0.2, 0) is 0 Å². The number of aryl methyl sites for hydroxylation is 2. The van der Waals surface area contributed by atoms with Crippen molar-refractivity contribution in [1.29, 1.82) is 0 Å². The number of piperidine rings is 1. The topological polar surface area (TPSA) is 29.0 Å². The zero-order valence-electron chi connectivity index (χ0n) is 11.1. The van der Waals surface area contributed by atoms with Gasteiger partial charge in [-0.05, 0) is 44.7 Å². The summed E-state index contributed by atoms with van der Waals surface area (Å²) in [7, 11) is 0. The highest BCUT2D eigenvalue weighted by Crippen LogP contribution is 2.28. The van der Waals surface area contributed by atoms with Gasteiger partial charge in [0.1, 0.15) is 11.6 Å². The van der Waals surface area contributed by atoms with Gasteiger partial charge in [0.15, 0.2) is 0 Å². The van der Waals surface area contributed by atoms with Crippen LogP contribution in [0.25, 0.3) is 10.9 Å². The molecule has 0 atom stereocenters. The van der Waals surface area contributed by atoms with Crippen molar-refractivity contribution in [3.63, 3.8) is 0 Å². The molecule has 0 N–H and O–H groups in total. The summed E-state index contributed by atoms with van der Waals surface area (Å²) < 4.78 is 0. The molecule has 1 fully saturated rings. The molecule has 2 heterocycles. The van der Waals surface area contributed by atoms with Crippen LogP contribution >= 0.6 is 0 Å². The van der Waals surface area contributed by atoms with Crippen LogP contribution in [0, 0.1) is 13.8 Å². The summed E-state index contributed by atoms with van der Waals surface area (Å²) in [5.41, 5.74) is 2.34. The first-order valence-corrected chi connectivity index (χ1v) is 6.74. The largest absolute Gasteiger partial charge is 0.356 e. The lowest BCUT2D eigenvalue weighted by molar-refractivity contribution is 0.574. The van der Waals surface area contributed by atoms with E-state index in [1.54, 1.807) is 0 Å². The Hall–Kier alpha value is -1.64. The maximum Gasteiger partial charge on any atom is 0.140 e. The molecule has 0 saturated carbocycles. The number of aromatic nitrogens is 2. The van der Waals surface area contributed by atoms with Crippen molar-refractivity contribution in [2.45, 2.75) is 33.1 Å². The molecule has 1 aromatic carbocycles. The highest BCUT2D eigenvalue weighted by Gasteiger charge is 2.17. The van der Waals surface area contributed by atoms with Crippen LogP contribution in [0.15, 0.2) is 18.2 Å². The first-order chi connectivity index (χ1) is 8.75. The highest BCUT2D eigenvalue weighted by atomic mass is 15.2. The Labute approximate surface area is 108 Å². The van der Waals surface area contributed by atoms with E-state index >= 15 is 0 Å². The van der Waals surface area contributed by atoms with Crippen LogP contribution in [0.3, 0.4) is 0 Å². The molecule has 0 amide bonds. The minimum atomic E-state index is 0.869. The summed E-state index contributed by atoms with van der Waals surface area (Å²) >= 11 is 0. The van der Waals surface area contributed by atoms with Gasteiger partial charge in [0.05, 0.1) is 5.52 Å². The summed E-state index contributed by atoms with van der Waals surface area (Å²) in [6.45, 7) is 6.38. The third-order valence-electron chi connectivity index (χ3n) is 3.68. The second kappa shape index (κ2) is 4.56. The van der Waals surface area contributed by atoms with E-state index in [2.05, 4.69) is 35.0 Å². The molecule has 3 nitrogen and oxygen atoms in total. The van der Waals surface area contributed by atoms with Crippen molar-refractivity contribution in [1.82, 2.24) is 9.97 Å². The van der Waals surface area contributed by atoms with Gasteiger partial charge in [0, 0.05) is 18.5 Å². The fourth-order valence-corrected chi connectivity index (χ4v) is 2.78. The van der Waals surface area contributed by atoms with Crippen LogP contribution < -0.4 is 4.90 Å². The zero-order chi connectivity index (χ0) is 12.5. The Kier molecular flexibility index (Phi) is 2.90. The number of rotatable bonds is 1. The van der Waals surface area contributed by atoms with E-state index in [4.69, 9.17) is 4.98 Å². The van der Waals surface area contributed by atoms with Crippen molar-refractivity contribution in [2.75, 3.05) is 18.0 Å². The lowest BCUT2D eigenvalue weighted by atomic mass is 10.1. The van der Waals surface area contributed by atoms with E-state index in [-0.39, 0.29) is 0 Å². The van der Waals surface area contributed by atoms with Crippen LogP contribution in [0.2, 0.25) is 0 Å². The van der Waals surface area contributed by atoms with E-state index in [1.807, 2.05) is 6.92 Å². The maximum atomic E-state index is 4.70. The molecule has 2 aromatic rings. The summed E-state index contributed by atoms with van der Waals surface area (Å²) in [6.07, 6.45) is 3.89. The van der Waals surface area contributed by atoms with Crippen molar-refractivity contribution in [3.8, 4) is 0 Å². The monoisotopic (exact) mass is 241 g/mol. The SMILES string of the molecule is Cc1nc(N2CCCCC2)c2c(C)cccc2n1. The molecule has 1 aliphatic rings. The number of nitrogens with zero attached hydrogens (tertiary/aromatic N) is 3. The van der Waals surface area contributed by atoms with Gasteiger partial charge < -0.3 is 4.90 Å². The van der Waals surface area contributed by atoms with Crippen molar-refractivity contribution >= 4 is 16.7 Å². The lowest BCUT2D eigenvalue weighted by Crippen LogP contribution is -2.30. The molecule has 0 unspecified atom stereocenters. The van der Waals surface area contributed by atoms with Gasteiger partial charge in [-0.1, -0.05) is 12.1 Å². The lowest BCUT2D eigenvalue weighted by Gasteiger charge is -2.29. The molecule has 0 aliphatic carbocycles. The molecule has 0 bridgehead atoms. The Balaban J connectivity index is 2.19. The van der Waals surface area contributed by atoms with Gasteiger partial charge in [-0.15, -0.1) is 0 Å². The van der Waals surface area contributed by atoms with Gasteiger partial charge in [-0.2, -0.15) is 0 Å². The van der Waals surface area contributed by atoms with Crippen LogP contribution in [0.4, 0.5) is 5.82 Å². The molecule has 1 aliphatic heterocycles. The van der Waals surface area contributed by atoms with Gasteiger partial charge in [-0.25, -0.2) is 9.97 Å². The van der Waals surface area contributed by atoms with E-state index in [1.165, 1.54) is 30.2 Å². The average Bonchev–Trinajstić information content (AvgIpc) is 2.39. The number of hydrogen-bond acceptors (Lipinski definition) is 3. The summed E-state index contributed by atoms with van der Waals surface area (Å²) in [5, 5.41) is 1.23. The molecule has 0 spiro atoms. The van der Waals surface area contributed by atoms with Gasteiger partial charge in [0.25, 0.3) is 0 Å². The Morgan fingerprint density at radius 3 is 2.56 bits per heavy atom. The van der Waals surface area contributed by atoms with Crippen molar-refractivity contribution in [2.24, 2.45) is 0 Å². The third kappa shape index (κ3) is 1.94. The molecular formula is C15H19N3. The fraction of sp³-hybridized carbons (Fsp3) is 0.467. The predicted octanol–water partition coefficient (Wildman–Crippen LogP) is 3.24. The quantitative estimate of drug-likeness (QED) is 0.767. The maximum absolute atomic E-state index is 4.70. The van der Waals surface area contributed by atoms with Crippen molar-refractivity contribution in [3.05, 3.63) is 29.6 Å². The van der Waals surface area contributed by atoms with Gasteiger partial charge >= 0.3 is 0 Å². The van der Waals surface area contributed by atoms with Crippen LogP contribution in [-0.4, -0.2) is 23.1 Å². The third-order valence-corrected chi connectivity index (χ3v) is 3.68. The highest BCUT2D eigenvalue weighted by molar-refractivity contribution is 5.92. The van der Waals surface area contributed by atoms with Crippen LogP contribution in [0.1, 0.15) is 30.7 Å². The molecule has 94 valence electrons. The number of hydrogen-bond donors (Lipinski definition) is 0. The minimum absolute atomic E-state index is 0.869. The molecule has 1 saturated heterocycles. The van der Waals surface area contributed by atoms with Gasteiger partial charge in [0.2, 0.25) is 0 Å². The molecule has 18 heavy (non-hydrogen) atoms. The second-order valence-electron chi connectivity index (χ2n) is 5.11. The molecule has 3 heteroatoms. The van der Waals surface area contributed by atoms with E-state index in [0.29, 0.717) is 0 Å². The first kappa shape index (κ1) is 11.5. The number of fused-ring (bicyclic) bond motifs is 1. The van der Waals surface area contributed by atoms with Gasteiger partial charge in [-0.3, -0.25) is 0 Å². The van der Waals surface area contributed by atoms with E-state index < -0.39 is 0 Å². The number of anilines is 1. The normalized spacial score (nSPS) is 16.2. The number of benzene rings is 1. The van der Waals surface area contributed by atoms with E-state index in [9.17, 15) is 0 Å². The summed E-state index contributed by atoms with van der Waals surface area (Å²) in [6, 6.07) is 6.31. The van der Waals surface area contributed by atoms with Crippen LogP contribution in [0.5, 0.6) is 0 Å². The minimum Gasteiger partial charge on any atom is -0.356 e. The second-order valence-corrected chi connectivity index (χ2v) is 5.11. The Morgan fingerprint density at radius 1 is 1.00 bits per heavy atom. The Bertz CT molecular complexity index is 571.